The van der Waals surface area contributed by atoms with Gasteiger partial charge in [-0.05, 0) is 24.1 Å². The van der Waals surface area contributed by atoms with Gasteiger partial charge in [0.05, 0.1) is 5.56 Å². The standard InChI is InChI=1S/C15H21F3N2O/c1-3-19-7-8-20-14(21)9-11(2)12-5-4-6-13(10-12)15(16,17)18/h4-6,10-11,19H,3,7-9H2,1-2H3,(H,20,21). The summed E-state index contributed by atoms with van der Waals surface area (Å²) in [6.45, 7) is 5.75. The molecule has 1 amide bonds. The Morgan fingerprint density at radius 3 is 2.62 bits per heavy atom. The van der Waals surface area contributed by atoms with Gasteiger partial charge in [0.2, 0.25) is 5.91 Å². The number of alkyl halides is 3. The fourth-order valence-electron chi connectivity index (χ4n) is 1.96. The largest absolute Gasteiger partial charge is 0.416 e. The Morgan fingerprint density at radius 2 is 2.00 bits per heavy atom. The zero-order chi connectivity index (χ0) is 15.9. The van der Waals surface area contributed by atoms with E-state index < -0.39 is 11.7 Å². The second-order valence-electron chi connectivity index (χ2n) is 4.93. The molecule has 118 valence electrons. The summed E-state index contributed by atoms with van der Waals surface area (Å²) in [5.74, 6) is -0.413. The Hall–Kier alpha value is -1.56. The average Bonchev–Trinajstić information content (AvgIpc) is 2.43. The molecule has 0 radical (unpaired) electrons. The van der Waals surface area contributed by atoms with Crippen molar-refractivity contribution >= 4 is 5.91 Å². The van der Waals surface area contributed by atoms with Gasteiger partial charge in [0, 0.05) is 19.5 Å². The molecule has 0 bridgehead atoms. The summed E-state index contributed by atoms with van der Waals surface area (Å²) in [5.41, 5.74) is -0.161. The zero-order valence-electron chi connectivity index (χ0n) is 12.3. The SMILES string of the molecule is CCNCCNC(=O)CC(C)c1cccc(C(F)(F)F)c1. The van der Waals surface area contributed by atoms with E-state index in [0.29, 0.717) is 18.7 Å². The lowest BCUT2D eigenvalue weighted by Crippen LogP contribution is -2.32. The van der Waals surface area contributed by atoms with Crippen molar-refractivity contribution < 1.29 is 18.0 Å². The van der Waals surface area contributed by atoms with E-state index in [-0.39, 0.29) is 18.2 Å². The van der Waals surface area contributed by atoms with Crippen LogP contribution in [-0.4, -0.2) is 25.5 Å². The molecule has 1 rings (SSSR count). The molecule has 0 aliphatic heterocycles. The van der Waals surface area contributed by atoms with Crippen LogP contribution >= 0.6 is 0 Å². The Morgan fingerprint density at radius 1 is 1.29 bits per heavy atom. The molecule has 3 nitrogen and oxygen atoms in total. The average molecular weight is 302 g/mol. The molecule has 1 atom stereocenters. The lowest BCUT2D eigenvalue weighted by Gasteiger charge is -2.14. The summed E-state index contributed by atoms with van der Waals surface area (Å²) in [6, 6.07) is 5.13. The maximum absolute atomic E-state index is 12.6. The highest BCUT2D eigenvalue weighted by molar-refractivity contribution is 5.76. The van der Waals surface area contributed by atoms with E-state index in [2.05, 4.69) is 10.6 Å². The number of hydrogen-bond donors (Lipinski definition) is 2. The Labute approximate surface area is 122 Å². The van der Waals surface area contributed by atoms with Gasteiger partial charge in [-0.2, -0.15) is 13.2 Å². The topological polar surface area (TPSA) is 41.1 Å². The molecule has 0 aromatic heterocycles. The van der Waals surface area contributed by atoms with Gasteiger partial charge < -0.3 is 10.6 Å². The normalized spacial score (nSPS) is 13.0. The van der Waals surface area contributed by atoms with Crippen LogP contribution in [-0.2, 0) is 11.0 Å². The molecule has 21 heavy (non-hydrogen) atoms. The van der Waals surface area contributed by atoms with Crippen LogP contribution in [0.15, 0.2) is 24.3 Å². The van der Waals surface area contributed by atoms with Crippen LogP contribution in [0, 0.1) is 0 Å². The van der Waals surface area contributed by atoms with E-state index in [0.717, 1.165) is 18.7 Å². The molecule has 0 spiro atoms. The molecule has 0 aliphatic rings. The van der Waals surface area contributed by atoms with Gasteiger partial charge >= 0.3 is 6.18 Å². The molecule has 1 aromatic rings. The number of halogens is 3. The molecule has 2 N–H and O–H groups in total. The monoisotopic (exact) mass is 302 g/mol. The second kappa shape index (κ2) is 8.02. The Kier molecular flexibility index (Phi) is 6.68. The number of hydrogen-bond acceptors (Lipinski definition) is 2. The van der Waals surface area contributed by atoms with E-state index in [1.165, 1.54) is 6.07 Å². The fourth-order valence-corrected chi connectivity index (χ4v) is 1.96. The van der Waals surface area contributed by atoms with Crippen molar-refractivity contribution in [2.45, 2.75) is 32.4 Å². The second-order valence-corrected chi connectivity index (χ2v) is 4.93. The number of benzene rings is 1. The molecular formula is C15H21F3N2O. The minimum absolute atomic E-state index is 0.155. The third-order valence-electron chi connectivity index (χ3n) is 3.15. The van der Waals surface area contributed by atoms with Crippen molar-refractivity contribution in [1.82, 2.24) is 10.6 Å². The summed E-state index contributed by atoms with van der Waals surface area (Å²) in [7, 11) is 0. The quantitative estimate of drug-likeness (QED) is 0.760. The van der Waals surface area contributed by atoms with Gasteiger partial charge in [0.25, 0.3) is 0 Å². The summed E-state index contributed by atoms with van der Waals surface area (Å²) >= 11 is 0. The summed E-state index contributed by atoms with van der Waals surface area (Å²) < 4.78 is 37.9. The smallest absolute Gasteiger partial charge is 0.355 e. The lowest BCUT2D eigenvalue weighted by atomic mass is 9.95. The first-order valence-corrected chi connectivity index (χ1v) is 6.99. The Bertz CT molecular complexity index is 460. The van der Waals surface area contributed by atoms with Crippen molar-refractivity contribution in [1.29, 1.82) is 0 Å². The van der Waals surface area contributed by atoms with Crippen molar-refractivity contribution in [2.75, 3.05) is 19.6 Å². The highest BCUT2D eigenvalue weighted by Gasteiger charge is 2.30. The van der Waals surface area contributed by atoms with Crippen molar-refractivity contribution in [3.63, 3.8) is 0 Å². The number of carbonyl (C=O) groups is 1. The van der Waals surface area contributed by atoms with Gasteiger partial charge in [-0.25, -0.2) is 0 Å². The van der Waals surface area contributed by atoms with Gasteiger partial charge in [-0.3, -0.25) is 4.79 Å². The molecule has 1 aromatic carbocycles. The lowest BCUT2D eigenvalue weighted by molar-refractivity contribution is -0.137. The van der Waals surface area contributed by atoms with Gasteiger partial charge in [0.1, 0.15) is 0 Å². The van der Waals surface area contributed by atoms with Crippen molar-refractivity contribution in [3.05, 3.63) is 35.4 Å². The van der Waals surface area contributed by atoms with Crippen molar-refractivity contribution in [3.8, 4) is 0 Å². The first-order valence-electron chi connectivity index (χ1n) is 6.99. The van der Waals surface area contributed by atoms with Crippen LogP contribution in [0.3, 0.4) is 0 Å². The third kappa shape index (κ3) is 6.16. The predicted octanol–water partition coefficient (Wildman–Crippen LogP) is 2.92. The van der Waals surface area contributed by atoms with E-state index in [9.17, 15) is 18.0 Å². The minimum Gasteiger partial charge on any atom is -0.355 e. The molecular weight excluding hydrogens is 281 g/mol. The maximum Gasteiger partial charge on any atom is 0.416 e. The summed E-state index contributed by atoms with van der Waals surface area (Å²) in [5, 5.41) is 5.81. The molecule has 6 heteroatoms. The highest BCUT2D eigenvalue weighted by Crippen LogP contribution is 2.31. The molecule has 0 aliphatic carbocycles. The van der Waals surface area contributed by atoms with Crippen LogP contribution in [0.1, 0.15) is 37.3 Å². The molecule has 1 unspecified atom stereocenters. The first kappa shape index (κ1) is 17.5. The van der Waals surface area contributed by atoms with Gasteiger partial charge in [0.15, 0.2) is 0 Å². The van der Waals surface area contributed by atoms with E-state index in [1.54, 1.807) is 13.0 Å². The summed E-state index contributed by atoms with van der Waals surface area (Å²) in [6.07, 6.45) is -4.18. The van der Waals surface area contributed by atoms with E-state index in [1.807, 2.05) is 6.92 Å². The van der Waals surface area contributed by atoms with Crippen molar-refractivity contribution in [2.24, 2.45) is 0 Å². The van der Waals surface area contributed by atoms with Crippen LogP contribution < -0.4 is 10.6 Å². The Balaban J connectivity index is 2.55. The minimum atomic E-state index is -4.36. The van der Waals surface area contributed by atoms with Crippen LogP contribution in [0.5, 0.6) is 0 Å². The number of carbonyl (C=O) groups excluding carboxylic acids is 1. The predicted molar refractivity (Wildman–Crippen MR) is 76.0 cm³/mol. The highest BCUT2D eigenvalue weighted by atomic mass is 19.4. The first-order chi connectivity index (χ1) is 9.84. The van der Waals surface area contributed by atoms with Crippen LogP contribution in [0.4, 0.5) is 13.2 Å². The van der Waals surface area contributed by atoms with Gasteiger partial charge in [-0.15, -0.1) is 0 Å². The number of likely N-dealkylation sites (N-methyl/N-ethyl adjacent to an activating group) is 1. The van der Waals surface area contributed by atoms with Gasteiger partial charge in [-0.1, -0.05) is 32.0 Å². The molecule has 0 saturated carbocycles. The van der Waals surface area contributed by atoms with E-state index in [4.69, 9.17) is 0 Å². The zero-order valence-corrected chi connectivity index (χ0v) is 12.3. The van der Waals surface area contributed by atoms with Crippen LogP contribution in [0.2, 0.25) is 0 Å². The van der Waals surface area contributed by atoms with Crippen LogP contribution in [0.25, 0.3) is 0 Å². The number of amides is 1. The fraction of sp³-hybridized carbons (Fsp3) is 0.533. The third-order valence-corrected chi connectivity index (χ3v) is 3.15. The number of nitrogens with one attached hydrogen (secondary N) is 2. The molecule has 0 saturated heterocycles. The summed E-state index contributed by atoms with van der Waals surface area (Å²) in [4.78, 5) is 11.7. The molecule has 0 fully saturated rings. The van der Waals surface area contributed by atoms with E-state index >= 15 is 0 Å². The maximum atomic E-state index is 12.6. The number of rotatable bonds is 7. The molecule has 0 heterocycles.